The number of halogens is 1. The number of guanidine groups is 1. The van der Waals surface area contributed by atoms with Crippen molar-refractivity contribution in [1.82, 2.24) is 15.6 Å². The van der Waals surface area contributed by atoms with Gasteiger partial charge in [0, 0.05) is 24.4 Å². The second-order valence-corrected chi connectivity index (χ2v) is 6.98. The predicted molar refractivity (Wildman–Crippen MR) is 99.2 cm³/mol. The molecule has 0 unspecified atom stereocenters. The molecule has 6 heteroatoms. The van der Waals surface area contributed by atoms with Crippen molar-refractivity contribution in [1.29, 1.82) is 0 Å². The fourth-order valence-electron chi connectivity index (χ4n) is 2.42. The van der Waals surface area contributed by atoms with Crippen molar-refractivity contribution >= 4 is 17.3 Å². The molecule has 0 aliphatic heterocycles. The molecule has 0 amide bonds. The third-order valence-electron chi connectivity index (χ3n) is 3.63. The molecule has 1 heterocycles. The van der Waals surface area contributed by atoms with Crippen LogP contribution in [-0.4, -0.2) is 24.0 Å². The molecule has 2 aromatic rings. The highest BCUT2D eigenvalue weighted by Gasteiger charge is 2.05. The minimum Gasteiger partial charge on any atom is -0.357 e. The number of aliphatic imine (C=N–C) groups is 1. The molecule has 0 bridgehead atoms. The maximum absolute atomic E-state index is 13.3. The van der Waals surface area contributed by atoms with E-state index in [1.165, 1.54) is 10.9 Å². The first-order valence-electron chi connectivity index (χ1n) is 8.19. The normalized spacial score (nSPS) is 11.6. The zero-order valence-corrected chi connectivity index (χ0v) is 15.6. The van der Waals surface area contributed by atoms with Crippen LogP contribution in [0.4, 0.5) is 4.39 Å². The Labute approximate surface area is 147 Å². The van der Waals surface area contributed by atoms with Crippen molar-refractivity contribution < 1.29 is 4.39 Å². The molecule has 24 heavy (non-hydrogen) atoms. The fourth-order valence-corrected chi connectivity index (χ4v) is 3.35. The van der Waals surface area contributed by atoms with E-state index in [2.05, 4.69) is 27.5 Å². The Morgan fingerprint density at radius 3 is 2.67 bits per heavy atom. The Morgan fingerprint density at radius 2 is 2.04 bits per heavy atom. The molecular formula is C18H25FN4S. The molecule has 0 aliphatic carbocycles. The lowest BCUT2D eigenvalue weighted by Crippen LogP contribution is -2.38. The van der Waals surface area contributed by atoms with E-state index in [9.17, 15) is 4.39 Å². The first-order chi connectivity index (χ1) is 11.5. The summed E-state index contributed by atoms with van der Waals surface area (Å²) in [5, 5.41) is 7.69. The number of nitrogens with one attached hydrogen (secondary N) is 2. The van der Waals surface area contributed by atoms with Crippen LogP contribution < -0.4 is 10.6 Å². The maximum atomic E-state index is 13.3. The van der Waals surface area contributed by atoms with Gasteiger partial charge in [-0.3, -0.25) is 0 Å². The summed E-state index contributed by atoms with van der Waals surface area (Å²) in [6, 6.07) is 5.11. The summed E-state index contributed by atoms with van der Waals surface area (Å²) < 4.78 is 13.3. The van der Waals surface area contributed by atoms with Crippen LogP contribution in [0.1, 0.15) is 33.6 Å². The fraction of sp³-hybridized carbons (Fsp3) is 0.444. The first kappa shape index (κ1) is 18.4. The Kier molecular flexibility index (Phi) is 6.73. The van der Waals surface area contributed by atoms with Crippen LogP contribution in [0.5, 0.6) is 0 Å². The number of thiazole rings is 1. The third kappa shape index (κ3) is 5.30. The summed E-state index contributed by atoms with van der Waals surface area (Å²) in [7, 11) is 0. The number of aryl methyl sites for hydroxylation is 3. The minimum absolute atomic E-state index is 0.178. The van der Waals surface area contributed by atoms with Gasteiger partial charge in [-0.25, -0.2) is 14.4 Å². The number of benzene rings is 1. The van der Waals surface area contributed by atoms with E-state index in [-0.39, 0.29) is 5.82 Å². The molecule has 2 N–H and O–H groups in total. The third-order valence-corrected chi connectivity index (χ3v) is 4.76. The average molecular weight is 348 g/mol. The van der Waals surface area contributed by atoms with Crippen LogP contribution in [0.2, 0.25) is 0 Å². The summed E-state index contributed by atoms with van der Waals surface area (Å²) in [6.45, 7) is 10.0. The molecule has 0 radical (unpaired) electrons. The maximum Gasteiger partial charge on any atom is 0.191 e. The SMILES string of the molecule is CCNC(=NCc1ccc(F)c(C)c1)NCCc1sc(C)nc1C. The van der Waals surface area contributed by atoms with E-state index in [1.54, 1.807) is 24.3 Å². The molecule has 0 fully saturated rings. The van der Waals surface area contributed by atoms with Gasteiger partial charge in [-0.15, -0.1) is 11.3 Å². The van der Waals surface area contributed by atoms with E-state index in [0.29, 0.717) is 12.1 Å². The summed E-state index contributed by atoms with van der Waals surface area (Å²) in [4.78, 5) is 10.3. The van der Waals surface area contributed by atoms with Gasteiger partial charge in [-0.2, -0.15) is 0 Å². The average Bonchev–Trinajstić information content (AvgIpc) is 2.86. The lowest BCUT2D eigenvalue weighted by Gasteiger charge is -2.11. The van der Waals surface area contributed by atoms with Gasteiger partial charge in [0.05, 0.1) is 17.2 Å². The predicted octanol–water partition coefficient (Wildman–Crippen LogP) is 3.51. The van der Waals surface area contributed by atoms with E-state index < -0.39 is 0 Å². The molecule has 0 spiro atoms. The van der Waals surface area contributed by atoms with Crippen LogP contribution in [0.25, 0.3) is 0 Å². The highest BCUT2D eigenvalue weighted by atomic mass is 32.1. The number of hydrogen-bond acceptors (Lipinski definition) is 3. The molecular weight excluding hydrogens is 323 g/mol. The molecule has 2 rings (SSSR count). The van der Waals surface area contributed by atoms with Crippen molar-refractivity contribution in [2.75, 3.05) is 13.1 Å². The van der Waals surface area contributed by atoms with E-state index in [4.69, 9.17) is 0 Å². The van der Waals surface area contributed by atoms with Crippen LogP contribution in [0, 0.1) is 26.6 Å². The topological polar surface area (TPSA) is 49.3 Å². The van der Waals surface area contributed by atoms with E-state index in [1.807, 2.05) is 19.9 Å². The number of hydrogen-bond donors (Lipinski definition) is 2. The van der Waals surface area contributed by atoms with Gasteiger partial charge in [0.15, 0.2) is 5.96 Å². The molecule has 1 aromatic heterocycles. The highest BCUT2D eigenvalue weighted by Crippen LogP contribution is 2.17. The molecule has 130 valence electrons. The van der Waals surface area contributed by atoms with Gasteiger partial charge < -0.3 is 10.6 Å². The Bertz CT molecular complexity index is 709. The first-order valence-corrected chi connectivity index (χ1v) is 9.01. The number of aromatic nitrogens is 1. The summed E-state index contributed by atoms with van der Waals surface area (Å²) in [6.07, 6.45) is 0.928. The summed E-state index contributed by atoms with van der Waals surface area (Å²) in [5.74, 6) is 0.598. The number of nitrogens with zero attached hydrogens (tertiary/aromatic N) is 2. The Hall–Kier alpha value is -1.95. The van der Waals surface area contributed by atoms with Gasteiger partial charge in [-0.05, 0) is 44.9 Å². The monoisotopic (exact) mass is 348 g/mol. The zero-order chi connectivity index (χ0) is 17.5. The van der Waals surface area contributed by atoms with Crippen molar-refractivity contribution in [2.45, 2.75) is 40.7 Å². The molecule has 0 atom stereocenters. The molecule has 0 saturated carbocycles. The minimum atomic E-state index is -0.178. The molecule has 4 nitrogen and oxygen atoms in total. The van der Waals surface area contributed by atoms with Crippen LogP contribution in [0.15, 0.2) is 23.2 Å². The van der Waals surface area contributed by atoms with Crippen molar-refractivity contribution in [3.63, 3.8) is 0 Å². The highest BCUT2D eigenvalue weighted by molar-refractivity contribution is 7.11. The Balaban J connectivity index is 1.92. The second-order valence-electron chi connectivity index (χ2n) is 5.70. The molecule has 0 saturated heterocycles. The van der Waals surface area contributed by atoms with Gasteiger partial charge in [0.1, 0.15) is 5.82 Å². The molecule has 1 aromatic carbocycles. The lowest BCUT2D eigenvalue weighted by molar-refractivity contribution is 0.617. The van der Waals surface area contributed by atoms with Crippen LogP contribution in [-0.2, 0) is 13.0 Å². The zero-order valence-electron chi connectivity index (χ0n) is 14.7. The van der Waals surface area contributed by atoms with Crippen LogP contribution >= 0.6 is 11.3 Å². The molecule has 0 aliphatic rings. The second kappa shape index (κ2) is 8.78. The van der Waals surface area contributed by atoms with Gasteiger partial charge in [0.2, 0.25) is 0 Å². The number of rotatable bonds is 6. The van der Waals surface area contributed by atoms with E-state index in [0.717, 1.165) is 41.7 Å². The van der Waals surface area contributed by atoms with Crippen molar-refractivity contribution in [3.05, 3.63) is 50.7 Å². The van der Waals surface area contributed by atoms with Crippen molar-refractivity contribution in [2.24, 2.45) is 4.99 Å². The van der Waals surface area contributed by atoms with E-state index >= 15 is 0 Å². The standard InChI is InChI=1S/C18H25FN4S/c1-5-20-18(21-9-8-17-13(3)23-14(4)24-17)22-11-15-6-7-16(19)12(2)10-15/h6-7,10H,5,8-9,11H2,1-4H3,(H2,20,21,22). The smallest absolute Gasteiger partial charge is 0.191 e. The lowest BCUT2D eigenvalue weighted by atomic mass is 10.1. The largest absolute Gasteiger partial charge is 0.357 e. The van der Waals surface area contributed by atoms with Crippen molar-refractivity contribution in [3.8, 4) is 0 Å². The van der Waals surface area contributed by atoms with Gasteiger partial charge in [0.25, 0.3) is 0 Å². The quantitative estimate of drug-likeness (QED) is 0.620. The van der Waals surface area contributed by atoms with Gasteiger partial charge in [-0.1, -0.05) is 12.1 Å². The van der Waals surface area contributed by atoms with Crippen LogP contribution in [0.3, 0.4) is 0 Å². The summed E-state index contributed by atoms with van der Waals surface area (Å²) in [5.41, 5.74) is 2.76. The summed E-state index contributed by atoms with van der Waals surface area (Å²) >= 11 is 1.75. The van der Waals surface area contributed by atoms with Gasteiger partial charge >= 0.3 is 0 Å². The Morgan fingerprint density at radius 1 is 1.25 bits per heavy atom.